The quantitative estimate of drug-likeness (QED) is 0.460. The predicted octanol–water partition coefficient (Wildman–Crippen LogP) is 4.78. The van der Waals surface area contributed by atoms with Crippen LogP contribution in [0.3, 0.4) is 0 Å². The van der Waals surface area contributed by atoms with E-state index in [2.05, 4.69) is 30.6 Å². The summed E-state index contributed by atoms with van der Waals surface area (Å²) >= 11 is 0. The first kappa shape index (κ1) is 18.6. The number of rotatable bonds is 10. The molecule has 0 aliphatic heterocycles. The average Bonchev–Trinajstić information content (AvgIpc) is 2.43. The molecule has 0 aliphatic rings. The Kier molecular flexibility index (Phi) is 14.5. The molecule has 1 N–H and O–H groups in total. The number of hydrogen-bond donors (Lipinski definition) is 1. The molecule has 0 rings (SSSR count). The van der Waals surface area contributed by atoms with Crippen LogP contribution in [-0.2, 0) is 4.79 Å². The molecule has 0 unspecified atom stereocenters. The van der Waals surface area contributed by atoms with Gasteiger partial charge in [-0.2, -0.15) is 0 Å². The summed E-state index contributed by atoms with van der Waals surface area (Å²) in [7, 11) is 0. The number of carboxylic acid groups (broad SMARTS) is 1. The lowest BCUT2D eigenvalue weighted by molar-refractivity contribution is -0.137. The molecule has 0 bridgehead atoms. The first-order valence-corrected chi connectivity index (χ1v) is 7.90. The van der Waals surface area contributed by atoms with Crippen molar-refractivity contribution in [3.63, 3.8) is 0 Å². The van der Waals surface area contributed by atoms with Gasteiger partial charge in [0, 0.05) is 32.1 Å². The van der Waals surface area contributed by atoms with E-state index in [0.717, 1.165) is 38.5 Å². The van der Waals surface area contributed by atoms with E-state index in [4.69, 9.17) is 5.11 Å². The minimum Gasteiger partial charge on any atom is -0.481 e. The van der Waals surface area contributed by atoms with Crippen molar-refractivity contribution >= 4 is 5.97 Å². The maximum atomic E-state index is 10.3. The lowest BCUT2D eigenvalue weighted by Gasteiger charge is -1.94. The maximum Gasteiger partial charge on any atom is 0.303 e. The second kappa shape index (κ2) is 15.6. The summed E-state index contributed by atoms with van der Waals surface area (Å²) in [5, 5.41) is 8.47. The third kappa shape index (κ3) is 16.6. The van der Waals surface area contributed by atoms with Crippen molar-refractivity contribution in [3.05, 3.63) is 0 Å². The third-order valence-electron chi connectivity index (χ3n) is 2.97. The summed E-state index contributed by atoms with van der Waals surface area (Å²) in [5.74, 6) is 11.8. The van der Waals surface area contributed by atoms with Crippen molar-refractivity contribution in [1.29, 1.82) is 0 Å². The first-order chi connectivity index (χ1) is 9.77. The second-order valence-corrected chi connectivity index (χ2v) is 4.97. The van der Waals surface area contributed by atoms with Gasteiger partial charge in [0.15, 0.2) is 0 Å². The van der Waals surface area contributed by atoms with Crippen LogP contribution in [0.1, 0.15) is 84.0 Å². The zero-order valence-electron chi connectivity index (χ0n) is 12.8. The molecule has 2 heteroatoms. The van der Waals surface area contributed by atoms with Crippen molar-refractivity contribution in [2.24, 2.45) is 0 Å². The molecule has 0 saturated carbocycles. The highest BCUT2D eigenvalue weighted by atomic mass is 16.4. The van der Waals surface area contributed by atoms with E-state index in [9.17, 15) is 4.79 Å². The molecule has 0 fully saturated rings. The standard InChI is InChI=1S/C18H28O2/c1-2-3-4-5-6-7-8-9-10-11-12-13-14-15-16-17-18(19)20/h2-7,10-11,14-17H2,1H3,(H,19,20). The van der Waals surface area contributed by atoms with Gasteiger partial charge in [-0.25, -0.2) is 0 Å². The molecule has 0 amide bonds. The second-order valence-electron chi connectivity index (χ2n) is 4.97. The van der Waals surface area contributed by atoms with Crippen LogP contribution in [0.15, 0.2) is 0 Å². The zero-order chi connectivity index (χ0) is 14.9. The molecule has 112 valence electrons. The molecule has 0 radical (unpaired) electrons. The van der Waals surface area contributed by atoms with E-state index in [-0.39, 0.29) is 6.42 Å². The van der Waals surface area contributed by atoms with Gasteiger partial charge < -0.3 is 5.11 Å². The number of carboxylic acids is 1. The van der Waals surface area contributed by atoms with Crippen LogP contribution in [0.2, 0.25) is 0 Å². The van der Waals surface area contributed by atoms with Gasteiger partial charge in [-0.05, 0) is 19.3 Å². The fourth-order valence-corrected chi connectivity index (χ4v) is 1.79. The van der Waals surface area contributed by atoms with Gasteiger partial charge in [-0.15, -0.1) is 23.7 Å². The largest absolute Gasteiger partial charge is 0.481 e. The van der Waals surface area contributed by atoms with Crippen LogP contribution in [0.4, 0.5) is 0 Å². The Bertz CT molecular complexity index is 349. The number of unbranched alkanes of at least 4 members (excludes halogenated alkanes) is 8. The molecule has 0 aliphatic carbocycles. The zero-order valence-corrected chi connectivity index (χ0v) is 12.8. The Morgan fingerprint density at radius 3 is 1.80 bits per heavy atom. The van der Waals surface area contributed by atoms with Gasteiger partial charge in [0.1, 0.15) is 0 Å². The summed E-state index contributed by atoms with van der Waals surface area (Å²) in [4.78, 5) is 10.3. The van der Waals surface area contributed by atoms with Crippen molar-refractivity contribution in [3.8, 4) is 23.7 Å². The van der Waals surface area contributed by atoms with E-state index in [0.29, 0.717) is 0 Å². The summed E-state index contributed by atoms with van der Waals surface area (Å²) in [5.41, 5.74) is 0. The molecule has 0 spiro atoms. The Morgan fingerprint density at radius 1 is 0.750 bits per heavy atom. The average molecular weight is 276 g/mol. The SMILES string of the molecule is CCCCCCCC#CCCC#CCCCCC(=O)O. The molecule has 0 aromatic rings. The van der Waals surface area contributed by atoms with Crippen molar-refractivity contribution in [1.82, 2.24) is 0 Å². The lowest BCUT2D eigenvalue weighted by atomic mass is 10.1. The molecule has 2 nitrogen and oxygen atoms in total. The highest BCUT2D eigenvalue weighted by molar-refractivity contribution is 5.66. The van der Waals surface area contributed by atoms with Gasteiger partial charge in [-0.1, -0.05) is 32.6 Å². The fraction of sp³-hybridized carbons (Fsp3) is 0.722. The van der Waals surface area contributed by atoms with Gasteiger partial charge in [0.05, 0.1) is 0 Å². The molecule has 0 heterocycles. The minimum atomic E-state index is -0.720. The van der Waals surface area contributed by atoms with E-state index in [1.165, 1.54) is 32.1 Å². The first-order valence-electron chi connectivity index (χ1n) is 7.90. The molecule has 0 atom stereocenters. The van der Waals surface area contributed by atoms with Gasteiger partial charge >= 0.3 is 5.97 Å². The van der Waals surface area contributed by atoms with Crippen molar-refractivity contribution < 1.29 is 9.90 Å². The Hall–Kier alpha value is -1.41. The summed E-state index contributed by atoms with van der Waals surface area (Å²) in [6.45, 7) is 2.23. The maximum absolute atomic E-state index is 10.3. The Morgan fingerprint density at radius 2 is 1.25 bits per heavy atom. The summed E-state index contributed by atoms with van der Waals surface area (Å²) in [6, 6.07) is 0. The van der Waals surface area contributed by atoms with Gasteiger partial charge in [-0.3, -0.25) is 4.79 Å². The molecule has 0 aromatic heterocycles. The monoisotopic (exact) mass is 276 g/mol. The topological polar surface area (TPSA) is 37.3 Å². The van der Waals surface area contributed by atoms with Crippen LogP contribution in [0.25, 0.3) is 0 Å². The summed E-state index contributed by atoms with van der Waals surface area (Å²) < 4.78 is 0. The van der Waals surface area contributed by atoms with E-state index in [1.807, 2.05) is 0 Å². The van der Waals surface area contributed by atoms with E-state index < -0.39 is 5.97 Å². The van der Waals surface area contributed by atoms with Gasteiger partial charge in [0.25, 0.3) is 0 Å². The Balaban J connectivity index is 3.29. The lowest BCUT2D eigenvalue weighted by Crippen LogP contribution is -1.92. The molecular weight excluding hydrogens is 248 g/mol. The highest BCUT2D eigenvalue weighted by Gasteiger charge is 1.94. The molecular formula is C18H28O2. The van der Waals surface area contributed by atoms with Crippen LogP contribution in [0, 0.1) is 23.7 Å². The number of aliphatic carboxylic acids is 1. The van der Waals surface area contributed by atoms with Crippen molar-refractivity contribution in [2.75, 3.05) is 0 Å². The smallest absolute Gasteiger partial charge is 0.303 e. The van der Waals surface area contributed by atoms with Gasteiger partial charge in [0.2, 0.25) is 0 Å². The molecule has 20 heavy (non-hydrogen) atoms. The third-order valence-corrected chi connectivity index (χ3v) is 2.97. The highest BCUT2D eigenvalue weighted by Crippen LogP contribution is 2.04. The van der Waals surface area contributed by atoms with E-state index >= 15 is 0 Å². The fourth-order valence-electron chi connectivity index (χ4n) is 1.79. The Labute approximate surface area is 124 Å². The normalized spacial score (nSPS) is 9.25. The minimum absolute atomic E-state index is 0.255. The molecule has 0 aromatic carbocycles. The van der Waals surface area contributed by atoms with Crippen LogP contribution in [0.5, 0.6) is 0 Å². The number of hydrogen-bond acceptors (Lipinski definition) is 1. The van der Waals surface area contributed by atoms with Crippen molar-refractivity contribution in [2.45, 2.75) is 84.0 Å². The summed E-state index contributed by atoms with van der Waals surface area (Å²) in [6.07, 6.45) is 11.9. The van der Waals surface area contributed by atoms with Crippen LogP contribution < -0.4 is 0 Å². The number of carbonyl (C=O) groups is 1. The molecule has 0 saturated heterocycles. The predicted molar refractivity (Wildman–Crippen MR) is 84.3 cm³/mol. The van der Waals surface area contributed by atoms with Crippen LogP contribution in [-0.4, -0.2) is 11.1 Å². The van der Waals surface area contributed by atoms with E-state index in [1.54, 1.807) is 0 Å². The van der Waals surface area contributed by atoms with Crippen LogP contribution >= 0.6 is 0 Å².